The molecule has 0 aliphatic rings. The molecule has 0 saturated heterocycles. The van der Waals surface area contributed by atoms with E-state index >= 15 is 0 Å². The second-order valence-electron chi connectivity index (χ2n) is 6.35. The zero-order valence-corrected chi connectivity index (χ0v) is 15.4. The van der Waals surface area contributed by atoms with E-state index in [1.54, 1.807) is 18.2 Å². The van der Waals surface area contributed by atoms with Gasteiger partial charge in [0.15, 0.2) is 0 Å². The molecule has 0 aliphatic heterocycles. The number of ether oxygens (including phenoxy) is 2. The quantitative estimate of drug-likeness (QED) is 0.525. The summed E-state index contributed by atoms with van der Waals surface area (Å²) in [6.07, 6.45) is 3.55. The van der Waals surface area contributed by atoms with Crippen LogP contribution in [0, 0.1) is 0 Å². The van der Waals surface area contributed by atoms with Gasteiger partial charge in [-0.15, -0.1) is 0 Å². The first-order chi connectivity index (χ1) is 11.7. The molecular weight excluding hydrogens is 312 g/mol. The summed E-state index contributed by atoms with van der Waals surface area (Å²) in [5, 5.41) is 0. The zero-order chi connectivity index (χ0) is 18.9. The van der Waals surface area contributed by atoms with Crippen molar-refractivity contribution in [3.63, 3.8) is 0 Å². The van der Waals surface area contributed by atoms with Crippen molar-refractivity contribution in [2.45, 2.75) is 33.3 Å². The van der Waals surface area contributed by atoms with Crippen molar-refractivity contribution in [3.05, 3.63) is 72.8 Å². The van der Waals surface area contributed by atoms with Gasteiger partial charge in [-0.1, -0.05) is 49.6 Å². The molecule has 0 radical (unpaired) electrons. The zero-order valence-electron chi connectivity index (χ0n) is 15.4. The Morgan fingerprint density at radius 3 is 1.56 bits per heavy atom. The molecule has 3 heteroatoms. The Morgan fingerprint density at radius 2 is 1.24 bits per heavy atom. The average molecular weight is 338 g/mol. The van der Waals surface area contributed by atoms with E-state index in [1.165, 1.54) is 6.92 Å². The lowest BCUT2D eigenvalue weighted by Crippen LogP contribution is -2.22. The summed E-state index contributed by atoms with van der Waals surface area (Å²) < 4.78 is 10.5. The SMILES string of the molecule is C=Cc1ccc(OC(C)(C)C)cc1.C=Cc1ccc(OC(C)=O)cc1. The summed E-state index contributed by atoms with van der Waals surface area (Å²) in [5.41, 5.74) is 1.99. The molecule has 2 aromatic rings. The smallest absolute Gasteiger partial charge is 0.308 e. The van der Waals surface area contributed by atoms with Crippen molar-refractivity contribution in [3.8, 4) is 11.5 Å². The number of rotatable bonds is 4. The Kier molecular flexibility index (Phi) is 7.67. The molecule has 0 aromatic heterocycles. The summed E-state index contributed by atoms with van der Waals surface area (Å²) in [6.45, 7) is 14.8. The summed E-state index contributed by atoms with van der Waals surface area (Å²) in [7, 11) is 0. The number of carbonyl (C=O) groups is 1. The first-order valence-electron chi connectivity index (χ1n) is 8.06. The minimum atomic E-state index is -0.304. The number of carbonyl (C=O) groups excluding carboxylic acids is 1. The highest BCUT2D eigenvalue weighted by Crippen LogP contribution is 2.18. The van der Waals surface area contributed by atoms with E-state index in [2.05, 4.69) is 13.2 Å². The van der Waals surface area contributed by atoms with Gasteiger partial charge in [-0.25, -0.2) is 0 Å². The predicted molar refractivity (Wildman–Crippen MR) is 105 cm³/mol. The topological polar surface area (TPSA) is 35.5 Å². The Hall–Kier alpha value is -2.81. The summed E-state index contributed by atoms with van der Waals surface area (Å²) in [6, 6.07) is 15.1. The van der Waals surface area contributed by atoms with Crippen molar-refractivity contribution >= 4 is 18.1 Å². The molecule has 0 atom stereocenters. The molecule has 0 aliphatic carbocycles. The van der Waals surface area contributed by atoms with Crippen LogP contribution in [0.25, 0.3) is 12.2 Å². The molecule has 0 spiro atoms. The van der Waals surface area contributed by atoms with Gasteiger partial charge in [0.05, 0.1) is 0 Å². The van der Waals surface area contributed by atoms with Crippen LogP contribution in [0.3, 0.4) is 0 Å². The third kappa shape index (κ3) is 8.56. The lowest BCUT2D eigenvalue weighted by atomic mass is 10.2. The van der Waals surface area contributed by atoms with Crippen LogP contribution in [0.5, 0.6) is 11.5 Å². The second kappa shape index (κ2) is 9.48. The van der Waals surface area contributed by atoms with E-state index in [-0.39, 0.29) is 11.6 Å². The van der Waals surface area contributed by atoms with Crippen LogP contribution in [0.15, 0.2) is 61.7 Å². The van der Waals surface area contributed by atoms with Gasteiger partial charge in [0.2, 0.25) is 0 Å². The van der Waals surface area contributed by atoms with E-state index in [0.29, 0.717) is 5.75 Å². The van der Waals surface area contributed by atoms with Crippen molar-refractivity contribution in [2.75, 3.05) is 0 Å². The van der Waals surface area contributed by atoms with Gasteiger partial charge in [0, 0.05) is 6.92 Å². The molecule has 0 amide bonds. The van der Waals surface area contributed by atoms with Crippen molar-refractivity contribution in [1.29, 1.82) is 0 Å². The predicted octanol–water partition coefficient (Wildman–Crippen LogP) is 5.76. The van der Waals surface area contributed by atoms with Crippen molar-refractivity contribution in [1.82, 2.24) is 0 Å². The van der Waals surface area contributed by atoms with Gasteiger partial charge in [-0.05, 0) is 56.2 Å². The molecule has 0 unspecified atom stereocenters. The molecule has 2 aromatic carbocycles. The van der Waals surface area contributed by atoms with Crippen molar-refractivity contribution < 1.29 is 14.3 Å². The summed E-state index contributed by atoms with van der Waals surface area (Å²) in [5.74, 6) is 1.16. The van der Waals surface area contributed by atoms with Crippen LogP contribution in [-0.4, -0.2) is 11.6 Å². The van der Waals surface area contributed by atoms with E-state index in [4.69, 9.17) is 9.47 Å². The van der Waals surface area contributed by atoms with E-state index in [9.17, 15) is 4.79 Å². The third-order valence-corrected chi connectivity index (χ3v) is 2.92. The summed E-state index contributed by atoms with van der Waals surface area (Å²) >= 11 is 0. The Morgan fingerprint density at radius 1 is 0.840 bits per heavy atom. The maximum absolute atomic E-state index is 10.5. The maximum Gasteiger partial charge on any atom is 0.308 e. The van der Waals surface area contributed by atoms with Crippen LogP contribution < -0.4 is 9.47 Å². The first-order valence-corrected chi connectivity index (χ1v) is 8.06. The minimum absolute atomic E-state index is 0.129. The lowest BCUT2D eigenvalue weighted by Gasteiger charge is -2.21. The van der Waals surface area contributed by atoms with Crippen LogP contribution >= 0.6 is 0 Å². The van der Waals surface area contributed by atoms with Gasteiger partial charge in [-0.2, -0.15) is 0 Å². The normalized spacial score (nSPS) is 10.1. The standard InChI is InChI=1S/C12H16O.C10H10O2/c1-5-10-6-8-11(9-7-10)13-12(2,3)4;1-3-9-4-6-10(7-5-9)12-8(2)11/h5-9H,1H2,2-4H3;3-7H,1H2,2H3. The Balaban J connectivity index is 0.000000251. The number of esters is 1. The van der Waals surface area contributed by atoms with Gasteiger partial charge < -0.3 is 9.47 Å². The molecular formula is C22H26O3. The van der Waals surface area contributed by atoms with E-state index in [0.717, 1.165) is 16.9 Å². The van der Waals surface area contributed by atoms with Gasteiger partial charge in [0.25, 0.3) is 0 Å². The Bertz CT molecular complexity index is 690. The molecule has 0 bridgehead atoms. The highest BCUT2D eigenvalue weighted by molar-refractivity contribution is 5.69. The van der Waals surface area contributed by atoms with Gasteiger partial charge >= 0.3 is 5.97 Å². The minimum Gasteiger partial charge on any atom is -0.488 e. The van der Waals surface area contributed by atoms with Gasteiger partial charge in [0.1, 0.15) is 17.1 Å². The molecule has 0 heterocycles. The highest BCUT2D eigenvalue weighted by Gasteiger charge is 2.10. The average Bonchev–Trinajstić information content (AvgIpc) is 2.55. The Labute approximate surface area is 150 Å². The van der Waals surface area contributed by atoms with Crippen LogP contribution in [0.1, 0.15) is 38.8 Å². The second-order valence-corrected chi connectivity index (χ2v) is 6.35. The fourth-order valence-corrected chi connectivity index (χ4v) is 1.86. The third-order valence-electron chi connectivity index (χ3n) is 2.92. The fourth-order valence-electron chi connectivity index (χ4n) is 1.86. The fraction of sp³-hybridized carbons (Fsp3) is 0.227. The molecule has 0 N–H and O–H groups in total. The maximum atomic E-state index is 10.5. The summed E-state index contributed by atoms with van der Waals surface area (Å²) in [4.78, 5) is 10.5. The first kappa shape index (κ1) is 20.2. The van der Waals surface area contributed by atoms with Crippen molar-refractivity contribution in [2.24, 2.45) is 0 Å². The van der Waals surface area contributed by atoms with Crippen LogP contribution in [0.2, 0.25) is 0 Å². The van der Waals surface area contributed by atoms with Gasteiger partial charge in [-0.3, -0.25) is 4.79 Å². The van der Waals surface area contributed by atoms with E-state index in [1.807, 2.05) is 63.2 Å². The molecule has 25 heavy (non-hydrogen) atoms. The highest BCUT2D eigenvalue weighted by atomic mass is 16.5. The molecule has 2 rings (SSSR count). The molecule has 0 saturated carbocycles. The number of benzene rings is 2. The number of hydrogen-bond acceptors (Lipinski definition) is 3. The van der Waals surface area contributed by atoms with Crippen LogP contribution in [0.4, 0.5) is 0 Å². The molecule has 132 valence electrons. The lowest BCUT2D eigenvalue weighted by molar-refractivity contribution is -0.131. The van der Waals surface area contributed by atoms with Crippen LogP contribution in [-0.2, 0) is 4.79 Å². The largest absolute Gasteiger partial charge is 0.488 e. The number of hydrogen-bond donors (Lipinski definition) is 0. The van der Waals surface area contributed by atoms with E-state index < -0.39 is 0 Å². The monoisotopic (exact) mass is 338 g/mol. The molecule has 0 fully saturated rings. The molecule has 3 nitrogen and oxygen atoms in total.